The average Bonchev–Trinajstić information content (AvgIpc) is 2.40. The van der Waals surface area contributed by atoms with Gasteiger partial charge in [0.1, 0.15) is 18.0 Å². The van der Waals surface area contributed by atoms with Crippen LogP contribution in [0.2, 0.25) is 0 Å². The van der Waals surface area contributed by atoms with Crippen molar-refractivity contribution in [1.29, 1.82) is 0 Å². The molecule has 0 aromatic carbocycles. The molecule has 18 heavy (non-hydrogen) atoms. The molecule has 1 aromatic heterocycles. The first kappa shape index (κ1) is 13.0. The Balaban J connectivity index is 2.24. The second kappa shape index (κ2) is 5.49. The third kappa shape index (κ3) is 2.54. The number of nitrogens with one attached hydrogen (secondary N) is 1. The Morgan fingerprint density at radius 1 is 1.44 bits per heavy atom. The maximum absolute atomic E-state index is 9.64. The van der Waals surface area contributed by atoms with Crippen LogP contribution < -0.4 is 11.1 Å². The molecule has 100 valence electrons. The number of nitrogens with zero attached hydrogens (tertiary/aromatic N) is 2. The third-order valence-corrected chi connectivity index (χ3v) is 3.47. The molecule has 1 aromatic rings. The molecule has 0 radical (unpaired) electrons. The fourth-order valence-electron chi connectivity index (χ4n) is 2.22. The van der Waals surface area contributed by atoms with Crippen LogP contribution in [0.3, 0.4) is 0 Å². The van der Waals surface area contributed by atoms with E-state index in [4.69, 9.17) is 10.5 Å². The quantitative estimate of drug-likeness (QED) is 0.725. The van der Waals surface area contributed by atoms with Crippen LogP contribution in [0, 0.1) is 0 Å². The first-order valence-corrected chi connectivity index (χ1v) is 6.27. The number of nitrogens with two attached hydrogens (primary N) is 1. The topological polar surface area (TPSA) is 93.3 Å². The summed E-state index contributed by atoms with van der Waals surface area (Å²) in [6.45, 7) is 3.37. The molecule has 0 spiro atoms. The van der Waals surface area contributed by atoms with E-state index in [1.807, 2.05) is 6.92 Å². The van der Waals surface area contributed by atoms with Crippen molar-refractivity contribution < 1.29 is 9.84 Å². The standard InChI is InChI=1S/C12H20N4O2/c1-2-9-10(13)14-8-15-11(9)16-12(7-17)3-5-18-6-4-12/h8,17H,2-7H2,1H3,(H3,13,14,15,16). The number of ether oxygens (including phenoxy) is 1. The predicted octanol–water partition coefficient (Wildman–Crippen LogP) is 0.575. The number of aliphatic hydroxyl groups excluding tert-OH is 1. The highest BCUT2D eigenvalue weighted by Crippen LogP contribution is 2.27. The lowest BCUT2D eigenvalue weighted by molar-refractivity contribution is 0.0378. The minimum atomic E-state index is -0.358. The molecule has 6 heteroatoms. The van der Waals surface area contributed by atoms with Gasteiger partial charge in [-0.15, -0.1) is 0 Å². The van der Waals surface area contributed by atoms with Crippen LogP contribution in [0.1, 0.15) is 25.3 Å². The Kier molecular flexibility index (Phi) is 3.98. The highest BCUT2D eigenvalue weighted by molar-refractivity contribution is 5.56. The molecule has 1 fully saturated rings. The molecule has 0 amide bonds. The number of nitrogen functional groups attached to an aromatic ring is 1. The highest BCUT2D eigenvalue weighted by atomic mass is 16.5. The van der Waals surface area contributed by atoms with E-state index in [1.54, 1.807) is 0 Å². The third-order valence-electron chi connectivity index (χ3n) is 3.47. The van der Waals surface area contributed by atoms with Gasteiger partial charge in [0, 0.05) is 18.8 Å². The van der Waals surface area contributed by atoms with Crippen molar-refractivity contribution in [3.05, 3.63) is 11.9 Å². The van der Waals surface area contributed by atoms with Gasteiger partial charge in [-0.2, -0.15) is 0 Å². The zero-order chi connectivity index (χ0) is 13.0. The first-order valence-electron chi connectivity index (χ1n) is 6.27. The van der Waals surface area contributed by atoms with Crippen molar-refractivity contribution in [2.45, 2.75) is 31.7 Å². The maximum Gasteiger partial charge on any atom is 0.135 e. The maximum atomic E-state index is 9.64. The van der Waals surface area contributed by atoms with Crippen molar-refractivity contribution in [3.8, 4) is 0 Å². The first-order chi connectivity index (χ1) is 8.71. The van der Waals surface area contributed by atoms with E-state index in [-0.39, 0.29) is 12.1 Å². The molecule has 1 saturated heterocycles. The second-order valence-corrected chi connectivity index (χ2v) is 4.62. The summed E-state index contributed by atoms with van der Waals surface area (Å²) < 4.78 is 5.34. The Morgan fingerprint density at radius 3 is 2.78 bits per heavy atom. The van der Waals surface area contributed by atoms with Crippen LogP contribution in [0.25, 0.3) is 0 Å². The van der Waals surface area contributed by atoms with E-state index in [9.17, 15) is 5.11 Å². The van der Waals surface area contributed by atoms with E-state index in [0.29, 0.717) is 19.0 Å². The summed E-state index contributed by atoms with van der Waals surface area (Å²) in [4.78, 5) is 8.24. The monoisotopic (exact) mass is 252 g/mol. The van der Waals surface area contributed by atoms with E-state index in [2.05, 4.69) is 15.3 Å². The van der Waals surface area contributed by atoms with Gasteiger partial charge in [0.15, 0.2) is 0 Å². The zero-order valence-electron chi connectivity index (χ0n) is 10.6. The molecule has 0 atom stereocenters. The van der Waals surface area contributed by atoms with Gasteiger partial charge in [-0.1, -0.05) is 6.92 Å². The molecule has 1 aliphatic rings. The lowest BCUT2D eigenvalue weighted by Gasteiger charge is -2.37. The van der Waals surface area contributed by atoms with E-state index >= 15 is 0 Å². The largest absolute Gasteiger partial charge is 0.394 e. The van der Waals surface area contributed by atoms with Crippen LogP contribution >= 0.6 is 0 Å². The number of anilines is 2. The Hall–Kier alpha value is -1.40. The molecule has 1 aliphatic heterocycles. The van der Waals surface area contributed by atoms with Crippen molar-refractivity contribution in [2.24, 2.45) is 0 Å². The van der Waals surface area contributed by atoms with Gasteiger partial charge < -0.3 is 20.9 Å². The number of hydrogen-bond donors (Lipinski definition) is 3. The minimum absolute atomic E-state index is 0.0590. The summed E-state index contributed by atoms with van der Waals surface area (Å²) in [6, 6.07) is 0. The molecule has 0 bridgehead atoms. The van der Waals surface area contributed by atoms with Crippen molar-refractivity contribution in [1.82, 2.24) is 9.97 Å². The van der Waals surface area contributed by atoms with Crippen molar-refractivity contribution in [3.63, 3.8) is 0 Å². The molecule has 0 saturated carbocycles. The average molecular weight is 252 g/mol. The van der Waals surface area contributed by atoms with Crippen molar-refractivity contribution >= 4 is 11.6 Å². The summed E-state index contributed by atoms with van der Waals surface area (Å²) in [5, 5.41) is 13.0. The lowest BCUT2D eigenvalue weighted by Crippen LogP contribution is -2.47. The number of rotatable bonds is 4. The molecule has 0 aliphatic carbocycles. The molecule has 0 unspecified atom stereocenters. The number of aromatic nitrogens is 2. The van der Waals surface area contributed by atoms with Crippen molar-refractivity contribution in [2.75, 3.05) is 30.9 Å². The van der Waals surface area contributed by atoms with Gasteiger partial charge in [-0.25, -0.2) is 9.97 Å². The molecular formula is C12H20N4O2. The molecule has 2 rings (SSSR count). The minimum Gasteiger partial charge on any atom is -0.394 e. The number of hydrogen-bond acceptors (Lipinski definition) is 6. The predicted molar refractivity (Wildman–Crippen MR) is 69.3 cm³/mol. The van der Waals surface area contributed by atoms with E-state index < -0.39 is 0 Å². The summed E-state index contributed by atoms with van der Waals surface area (Å²) in [7, 11) is 0. The van der Waals surface area contributed by atoms with E-state index in [0.717, 1.165) is 30.6 Å². The summed E-state index contributed by atoms with van der Waals surface area (Å²) in [5.74, 6) is 1.22. The zero-order valence-corrected chi connectivity index (χ0v) is 10.6. The van der Waals surface area contributed by atoms with Crippen LogP contribution in [0.5, 0.6) is 0 Å². The Bertz CT molecular complexity index is 405. The Morgan fingerprint density at radius 2 is 2.17 bits per heavy atom. The van der Waals surface area contributed by atoms with E-state index in [1.165, 1.54) is 6.33 Å². The highest BCUT2D eigenvalue weighted by Gasteiger charge is 2.32. The summed E-state index contributed by atoms with van der Waals surface area (Å²) in [5.41, 5.74) is 6.38. The fraction of sp³-hybridized carbons (Fsp3) is 0.667. The Labute approximate surface area is 107 Å². The van der Waals surface area contributed by atoms with Gasteiger partial charge in [-0.05, 0) is 19.3 Å². The van der Waals surface area contributed by atoms with Gasteiger partial charge in [0.25, 0.3) is 0 Å². The van der Waals surface area contributed by atoms with Gasteiger partial charge >= 0.3 is 0 Å². The lowest BCUT2D eigenvalue weighted by atomic mass is 9.90. The molecular weight excluding hydrogens is 232 g/mol. The molecule has 4 N–H and O–H groups in total. The summed E-state index contributed by atoms with van der Waals surface area (Å²) in [6.07, 6.45) is 3.72. The normalized spacial score (nSPS) is 18.6. The van der Waals surface area contributed by atoms with Gasteiger partial charge in [-0.3, -0.25) is 0 Å². The van der Waals surface area contributed by atoms with Crippen LogP contribution in [-0.2, 0) is 11.2 Å². The van der Waals surface area contributed by atoms with Gasteiger partial charge in [0.05, 0.1) is 12.1 Å². The molecule has 6 nitrogen and oxygen atoms in total. The second-order valence-electron chi connectivity index (χ2n) is 4.62. The van der Waals surface area contributed by atoms with Crippen LogP contribution in [0.4, 0.5) is 11.6 Å². The SMILES string of the molecule is CCc1c(N)ncnc1NC1(CO)CCOCC1. The van der Waals surface area contributed by atoms with Crippen LogP contribution in [0.15, 0.2) is 6.33 Å². The number of aliphatic hydroxyl groups is 1. The fourth-order valence-corrected chi connectivity index (χ4v) is 2.22. The summed E-state index contributed by atoms with van der Waals surface area (Å²) >= 11 is 0. The van der Waals surface area contributed by atoms with Crippen LogP contribution in [-0.4, -0.2) is 40.4 Å². The molecule has 2 heterocycles. The van der Waals surface area contributed by atoms with Gasteiger partial charge in [0.2, 0.25) is 0 Å². The smallest absolute Gasteiger partial charge is 0.135 e.